The van der Waals surface area contributed by atoms with Crippen LogP contribution < -0.4 is 5.32 Å². The van der Waals surface area contributed by atoms with Crippen LogP contribution in [0.2, 0.25) is 0 Å². The Morgan fingerprint density at radius 1 is 1.60 bits per heavy atom. The van der Waals surface area contributed by atoms with Crippen LogP contribution in [-0.2, 0) is 9.59 Å². The lowest BCUT2D eigenvalue weighted by Crippen LogP contribution is -2.29. The van der Waals surface area contributed by atoms with Gasteiger partial charge in [0.25, 0.3) is 0 Å². The molecule has 2 N–H and O–H groups in total. The smallest absolute Gasteiger partial charge is 0.308 e. The third-order valence-electron chi connectivity index (χ3n) is 1.08. The third kappa shape index (κ3) is 3.88. The van der Waals surface area contributed by atoms with Gasteiger partial charge < -0.3 is 10.4 Å². The molecule has 1 amide bonds. The number of amides is 1. The fourth-order valence-corrected chi connectivity index (χ4v) is 0.384. The topological polar surface area (TPSA) is 66.4 Å². The standard InChI is InChI=1S/C6H11NO3/c1-4(6(9)10)3-7-5(2)8/h4H,3H2,1-2H3,(H,7,8)(H,9,10)/t4-/m1/s1. The lowest BCUT2D eigenvalue weighted by Gasteiger charge is -2.04. The van der Waals surface area contributed by atoms with Crippen molar-refractivity contribution in [2.45, 2.75) is 13.8 Å². The molecule has 0 aliphatic carbocycles. The van der Waals surface area contributed by atoms with Crippen LogP contribution in [0.5, 0.6) is 0 Å². The first kappa shape index (κ1) is 8.94. The van der Waals surface area contributed by atoms with E-state index in [9.17, 15) is 9.59 Å². The van der Waals surface area contributed by atoms with Gasteiger partial charge in [0, 0.05) is 13.5 Å². The van der Waals surface area contributed by atoms with E-state index >= 15 is 0 Å². The molecular weight excluding hydrogens is 134 g/mol. The van der Waals surface area contributed by atoms with E-state index in [0.29, 0.717) is 0 Å². The zero-order chi connectivity index (χ0) is 8.15. The highest BCUT2D eigenvalue weighted by Gasteiger charge is 2.09. The molecule has 0 fully saturated rings. The number of hydrogen-bond donors (Lipinski definition) is 2. The van der Waals surface area contributed by atoms with Crippen molar-refractivity contribution in [3.8, 4) is 0 Å². The van der Waals surface area contributed by atoms with Gasteiger partial charge >= 0.3 is 5.97 Å². The zero-order valence-electron chi connectivity index (χ0n) is 6.05. The predicted octanol–water partition coefficient (Wildman–Crippen LogP) is -0.157. The molecule has 0 saturated carbocycles. The van der Waals surface area contributed by atoms with Crippen molar-refractivity contribution >= 4 is 11.9 Å². The van der Waals surface area contributed by atoms with E-state index in [-0.39, 0.29) is 12.5 Å². The molecule has 0 aliphatic rings. The Kier molecular flexibility index (Phi) is 3.46. The quantitative estimate of drug-likeness (QED) is 0.580. The summed E-state index contributed by atoms with van der Waals surface area (Å²) in [7, 11) is 0. The van der Waals surface area contributed by atoms with E-state index in [4.69, 9.17) is 5.11 Å². The van der Waals surface area contributed by atoms with Crippen LogP contribution in [-0.4, -0.2) is 23.5 Å². The molecule has 0 aromatic carbocycles. The van der Waals surface area contributed by atoms with Gasteiger partial charge in [0.2, 0.25) is 5.91 Å². The van der Waals surface area contributed by atoms with Crippen molar-refractivity contribution in [1.82, 2.24) is 5.32 Å². The van der Waals surface area contributed by atoms with Crippen LogP contribution in [0, 0.1) is 5.92 Å². The fourth-order valence-electron chi connectivity index (χ4n) is 0.384. The van der Waals surface area contributed by atoms with E-state index < -0.39 is 11.9 Å². The summed E-state index contributed by atoms with van der Waals surface area (Å²) in [5.74, 6) is -1.61. The molecule has 0 unspecified atom stereocenters. The second kappa shape index (κ2) is 3.87. The average Bonchev–Trinajstić information content (AvgIpc) is 1.82. The normalized spacial score (nSPS) is 12.2. The molecule has 4 heteroatoms. The van der Waals surface area contributed by atoms with E-state index in [1.165, 1.54) is 13.8 Å². The van der Waals surface area contributed by atoms with Gasteiger partial charge in [-0.2, -0.15) is 0 Å². The highest BCUT2D eigenvalue weighted by atomic mass is 16.4. The molecule has 0 aliphatic heterocycles. The van der Waals surface area contributed by atoms with Gasteiger partial charge in [-0.05, 0) is 0 Å². The molecule has 0 saturated heterocycles. The van der Waals surface area contributed by atoms with Gasteiger partial charge in [-0.1, -0.05) is 6.92 Å². The van der Waals surface area contributed by atoms with E-state index in [0.717, 1.165) is 0 Å². The predicted molar refractivity (Wildman–Crippen MR) is 35.5 cm³/mol. The highest BCUT2D eigenvalue weighted by Crippen LogP contribution is 1.90. The van der Waals surface area contributed by atoms with Crippen LogP contribution in [0.4, 0.5) is 0 Å². The fraction of sp³-hybridized carbons (Fsp3) is 0.667. The molecule has 0 rings (SSSR count). The monoisotopic (exact) mass is 145 g/mol. The van der Waals surface area contributed by atoms with Gasteiger partial charge in [0.15, 0.2) is 0 Å². The highest BCUT2D eigenvalue weighted by molar-refractivity contribution is 5.74. The first-order valence-electron chi connectivity index (χ1n) is 3.01. The Bertz CT molecular complexity index is 144. The number of aliphatic carboxylic acids is 1. The lowest BCUT2D eigenvalue weighted by molar-refractivity contribution is -0.141. The van der Waals surface area contributed by atoms with Gasteiger partial charge in [-0.25, -0.2) is 0 Å². The largest absolute Gasteiger partial charge is 0.481 e. The van der Waals surface area contributed by atoms with E-state index in [1.54, 1.807) is 0 Å². The Hall–Kier alpha value is -1.06. The van der Waals surface area contributed by atoms with Crippen LogP contribution >= 0.6 is 0 Å². The Balaban J connectivity index is 3.49. The van der Waals surface area contributed by atoms with Crippen molar-refractivity contribution in [3.05, 3.63) is 0 Å². The zero-order valence-corrected chi connectivity index (χ0v) is 6.05. The number of carboxylic acid groups (broad SMARTS) is 1. The summed E-state index contributed by atoms with van der Waals surface area (Å²) in [6.45, 7) is 3.09. The van der Waals surface area contributed by atoms with Crippen molar-refractivity contribution < 1.29 is 14.7 Å². The molecule has 58 valence electrons. The molecule has 0 aromatic heterocycles. The van der Waals surface area contributed by atoms with E-state index in [2.05, 4.69) is 5.32 Å². The molecule has 4 nitrogen and oxygen atoms in total. The average molecular weight is 145 g/mol. The number of rotatable bonds is 3. The molecule has 0 aromatic rings. The number of carbonyl (C=O) groups is 2. The van der Waals surface area contributed by atoms with Crippen molar-refractivity contribution in [2.75, 3.05) is 6.54 Å². The minimum Gasteiger partial charge on any atom is -0.481 e. The summed E-state index contributed by atoms with van der Waals surface area (Å²) >= 11 is 0. The molecule has 0 spiro atoms. The van der Waals surface area contributed by atoms with Crippen LogP contribution in [0.15, 0.2) is 0 Å². The lowest BCUT2D eigenvalue weighted by atomic mass is 10.2. The maximum atomic E-state index is 10.3. The van der Waals surface area contributed by atoms with Crippen LogP contribution in [0.25, 0.3) is 0 Å². The first-order valence-corrected chi connectivity index (χ1v) is 3.01. The third-order valence-corrected chi connectivity index (χ3v) is 1.08. The van der Waals surface area contributed by atoms with Gasteiger partial charge in [0.05, 0.1) is 5.92 Å². The summed E-state index contributed by atoms with van der Waals surface area (Å²) in [4.78, 5) is 20.4. The Labute approximate surface area is 59.2 Å². The molecule has 1 atom stereocenters. The van der Waals surface area contributed by atoms with Crippen LogP contribution in [0.3, 0.4) is 0 Å². The summed E-state index contributed by atoms with van der Waals surface area (Å²) < 4.78 is 0. The Morgan fingerprint density at radius 2 is 2.10 bits per heavy atom. The van der Waals surface area contributed by atoms with Gasteiger partial charge in [-0.15, -0.1) is 0 Å². The van der Waals surface area contributed by atoms with Crippen LogP contribution in [0.1, 0.15) is 13.8 Å². The minimum atomic E-state index is -0.895. The molecule has 0 radical (unpaired) electrons. The summed E-state index contributed by atoms with van der Waals surface area (Å²) in [6.07, 6.45) is 0. The number of nitrogens with one attached hydrogen (secondary N) is 1. The molecular formula is C6H11NO3. The minimum absolute atomic E-state index is 0.199. The van der Waals surface area contributed by atoms with E-state index in [1.807, 2.05) is 0 Å². The maximum absolute atomic E-state index is 10.3. The summed E-state index contributed by atoms with van der Waals surface area (Å²) in [6, 6.07) is 0. The van der Waals surface area contributed by atoms with Crippen molar-refractivity contribution in [2.24, 2.45) is 5.92 Å². The number of carbonyl (C=O) groups excluding carboxylic acids is 1. The Morgan fingerprint density at radius 3 is 2.40 bits per heavy atom. The molecule has 0 heterocycles. The van der Waals surface area contributed by atoms with Crippen molar-refractivity contribution in [3.63, 3.8) is 0 Å². The number of carboxylic acids is 1. The molecule has 0 bridgehead atoms. The first-order chi connectivity index (χ1) is 4.54. The summed E-state index contributed by atoms with van der Waals surface area (Å²) in [5, 5.41) is 10.8. The second-order valence-corrected chi connectivity index (χ2v) is 2.18. The maximum Gasteiger partial charge on any atom is 0.308 e. The van der Waals surface area contributed by atoms with Gasteiger partial charge in [-0.3, -0.25) is 9.59 Å². The second-order valence-electron chi connectivity index (χ2n) is 2.18. The molecule has 10 heavy (non-hydrogen) atoms. The summed E-state index contributed by atoms with van der Waals surface area (Å²) in [5.41, 5.74) is 0. The SMILES string of the molecule is CC(=O)NC[C@@H](C)C(=O)O. The van der Waals surface area contributed by atoms with Crippen molar-refractivity contribution in [1.29, 1.82) is 0 Å². The van der Waals surface area contributed by atoms with Gasteiger partial charge in [0.1, 0.15) is 0 Å². The number of hydrogen-bond acceptors (Lipinski definition) is 2.